The van der Waals surface area contributed by atoms with Crippen molar-refractivity contribution in [2.24, 2.45) is 0 Å². The van der Waals surface area contributed by atoms with Gasteiger partial charge in [-0.1, -0.05) is 22.0 Å². The van der Waals surface area contributed by atoms with Gasteiger partial charge in [0.25, 0.3) is 0 Å². The molecule has 0 spiro atoms. The Hall–Kier alpha value is -0.580. The average molecular weight is 278 g/mol. The van der Waals surface area contributed by atoms with Crippen molar-refractivity contribution in [3.05, 3.63) is 28.2 Å². The van der Waals surface area contributed by atoms with Gasteiger partial charge in [-0.15, -0.1) is 12.4 Å². The lowest BCUT2D eigenvalue weighted by atomic mass is 10.2. The first-order chi connectivity index (χ1) is 6.25. The Kier molecular flexibility index (Phi) is 3.92. The number of nitrogens with one attached hydrogen (secondary N) is 2. The normalized spacial score (nSPS) is 14.8. The molecule has 1 aromatic carbocycles. The molecule has 1 aliphatic rings. The zero-order valence-corrected chi connectivity index (χ0v) is 9.74. The lowest BCUT2D eigenvalue weighted by Crippen LogP contribution is -2.23. The number of amides is 1. The third kappa shape index (κ3) is 2.47. The zero-order chi connectivity index (χ0) is 9.26. The first-order valence-corrected chi connectivity index (χ1v) is 4.84. The van der Waals surface area contributed by atoms with Crippen molar-refractivity contribution in [2.75, 3.05) is 11.9 Å². The minimum atomic E-state index is 0. The number of hydrogen-bond acceptors (Lipinski definition) is 2. The molecule has 0 radical (unpaired) electrons. The highest BCUT2D eigenvalue weighted by molar-refractivity contribution is 9.10. The molecule has 0 fully saturated rings. The van der Waals surface area contributed by atoms with E-state index in [0.29, 0.717) is 6.54 Å². The maximum Gasteiger partial charge on any atom is 0.238 e. The second-order valence-electron chi connectivity index (χ2n) is 2.95. The van der Waals surface area contributed by atoms with Gasteiger partial charge in [0.05, 0.1) is 6.54 Å². The van der Waals surface area contributed by atoms with E-state index < -0.39 is 0 Å². The molecule has 14 heavy (non-hydrogen) atoms. The second-order valence-corrected chi connectivity index (χ2v) is 3.87. The lowest BCUT2D eigenvalue weighted by Gasteiger charge is -2.05. The summed E-state index contributed by atoms with van der Waals surface area (Å²) in [6.45, 7) is 1.12. The standard InChI is InChI=1S/C9H9BrN2O.ClH/c10-7-2-1-6-4-11-5-9(13)12-8(6)3-7;/h1-3,11H,4-5H2,(H,12,13);1H. The van der Waals surface area contributed by atoms with E-state index in [1.807, 2.05) is 18.2 Å². The molecule has 2 rings (SSSR count). The van der Waals surface area contributed by atoms with Crippen molar-refractivity contribution in [2.45, 2.75) is 6.54 Å². The highest BCUT2D eigenvalue weighted by Crippen LogP contribution is 2.22. The molecule has 5 heteroatoms. The van der Waals surface area contributed by atoms with Gasteiger partial charge in [0.2, 0.25) is 5.91 Å². The average Bonchev–Trinajstić information content (AvgIpc) is 2.25. The fourth-order valence-electron chi connectivity index (χ4n) is 1.32. The Morgan fingerprint density at radius 1 is 1.29 bits per heavy atom. The van der Waals surface area contributed by atoms with Crippen molar-refractivity contribution >= 4 is 39.9 Å². The molecule has 0 saturated heterocycles. The first kappa shape index (κ1) is 11.5. The van der Waals surface area contributed by atoms with Gasteiger partial charge >= 0.3 is 0 Å². The number of rotatable bonds is 0. The molecular weight excluding hydrogens is 267 g/mol. The predicted molar refractivity (Wildman–Crippen MR) is 61.7 cm³/mol. The molecule has 0 atom stereocenters. The van der Waals surface area contributed by atoms with Crippen molar-refractivity contribution in [3.8, 4) is 0 Å². The number of fused-ring (bicyclic) bond motifs is 1. The van der Waals surface area contributed by atoms with Crippen molar-refractivity contribution in [1.82, 2.24) is 5.32 Å². The summed E-state index contributed by atoms with van der Waals surface area (Å²) in [5.74, 6) is 0.0110. The first-order valence-electron chi connectivity index (χ1n) is 4.05. The van der Waals surface area contributed by atoms with E-state index in [-0.39, 0.29) is 18.3 Å². The topological polar surface area (TPSA) is 41.1 Å². The van der Waals surface area contributed by atoms with Gasteiger partial charge in [-0.3, -0.25) is 4.79 Å². The Labute approximate surface area is 96.8 Å². The lowest BCUT2D eigenvalue weighted by molar-refractivity contribution is -0.115. The Balaban J connectivity index is 0.000000980. The van der Waals surface area contributed by atoms with Crippen LogP contribution in [0.4, 0.5) is 5.69 Å². The summed E-state index contributed by atoms with van der Waals surface area (Å²) < 4.78 is 0.980. The number of carbonyl (C=O) groups is 1. The minimum Gasteiger partial charge on any atom is -0.325 e. The summed E-state index contributed by atoms with van der Waals surface area (Å²) in [5, 5.41) is 5.88. The van der Waals surface area contributed by atoms with Crippen LogP contribution in [0.1, 0.15) is 5.56 Å². The molecule has 1 aromatic rings. The molecule has 1 amide bonds. The van der Waals surface area contributed by atoms with Crippen molar-refractivity contribution in [3.63, 3.8) is 0 Å². The third-order valence-corrected chi connectivity index (χ3v) is 2.44. The van der Waals surface area contributed by atoms with Gasteiger partial charge in [-0.2, -0.15) is 0 Å². The fourth-order valence-corrected chi connectivity index (χ4v) is 1.69. The monoisotopic (exact) mass is 276 g/mol. The molecule has 0 bridgehead atoms. The number of anilines is 1. The van der Waals surface area contributed by atoms with E-state index in [2.05, 4.69) is 26.6 Å². The summed E-state index contributed by atoms with van der Waals surface area (Å²) >= 11 is 3.36. The number of halogens is 2. The predicted octanol–water partition coefficient (Wildman–Crippen LogP) is 1.91. The molecule has 0 aromatic heterocycles. The van der Waals surface area contributed by atoms with Crippen molar-refractivity contribution < 1.29 is 4.79 Å². The minimum absolute atomic E-state index is 0. The van der Waals surface area contributed by atoms with Crippen LogP contribution in [0, 0.1) is 0 Å². The van der Waals surface area contributed by atoms with E-state index >= 15 is 0 Å². The van der Waals surface area contributed by atoms with Crippen LogP contribution < -0.4 is 10.6 Å². The number of carbonyl (C=O) groups excluding carboxylic acids is 1. The van der Waals surface area contributed by atoms with E-state index in [1.165, 1.54) is 0 Å². The van der Waals surface area contributed by atoms with Gasteiger partial charge in [0.1, 0.15) is 0 Å². The summed E-state index contributed by atoms with van der Waals surface area (Å²) in [7, 11) is 0. The summed E-state index contributed by atoms with van der Waals surface area (Å²) in [6, 6.07) is 5.89. The largest absolute Gasteiger partial charge is 0.325 e. The van der Waals surface area contributed by atoms with E-state index in [9.17, 15) is 4.79 Å². The van der Waals surface area contributed by atoms with E-state index in [1.54, 1.807) is 0 Å². The maximum atomic E-state index is 11.2. The highest BCUT2D eigenvalue weighted by Gasteiger charge is 2.11. The Morgan fingerprint density at radius 3 is 2.86 bits per heavy atom. The molecule has 0 aliphatic carbocycles. The molecule has 0 unspecified atom stereocenters. The van der Waals surface area contributed by atoms with Gasteiger partial charge in [-0.05, 0) is 17.7 Å². The highest BCUT2D eigenvalue weighted by atomic mass is 79.9. The quantitative estimate of drug-likeness (QED) is 0.761. The molecule has 2 N–H and O–H groups in total. The second kappa shape index (κ2) is 4.77. The van der Waals surface area contributed by atoms with Crippen LogP contribution in [0.5, 0.6) is 0 Å². The van der Waals surface area contributed by atoms with Crippen LogP contribution >= 0.6 is 28.3 Å². The zero-order valence-electron chi connectivity index (χ0n) is 7.34. The van der Waals surface area contributed by atoms with Gasteiger partial charge in [0, 0.05) is 16.7 Å². The number of hydrogen-bond donors (Lipinski definition) is 2. The van der Waals surface area contributed by atoms with Crippen molar-refractivity contribution in [1.29, 1.82) is 0 Å². The molecule has 1 heterocycles. The molecule has 3 nitrogen and oxygen atoms in total. The Morgan fingerprint density at radius 2 is 2.07 bits per heavy atom. The molecule has 76 valence electrons. The van der Waals surface area contributed by atoms with Crippen LogP contribution in [-0.2, 0) is 11.3 Å². The molecule has 0 saturated carbocycles. The summed E-state index contributed by atoms with van der Waals surface area (Å²) in [6.07, 6.45) is 0. The van der Waals surface area contributed by atoms with Gasteiger partial charge < -0.3 is 10.6 Å². The smallest absolute Gasteiger partial charge is 0.238 e. The van der Waals surface area contributed by atoms with E-state index in [0.717, 1.165) is 22.3 Å². The Bertz CT molecular complexity index is 357. The molecule has 1 aliphatic heterocycles. The van der Waals surface area contributed by atoms with Crippen LogP contribution in [0.2, 0.25) is 0 Å². The fraction of sp³-hybridized carbons (Fsp3) is 0.222. The maximum absolute atomic E-state index is 11.2. The molecular formula is C9H10BrClN2O. The van der Waals surface area contributed by atoms with E-state index in [4.69, 9.17) is 0 Å². The van der Waals surface area contributed by atoms with Crippen LogP contribution in [0.15, 0.2) is 22.7 Å². The van der Waals surface area contributed by atoms with Crippen LogP contribution in [0.3, 0.4) is 0 Å². The summed E-state index contributed by atoms with van der Waals surface area (Å²) in [4.78, 5) is 11.2. The summed E-state index contributed by atoms with van der Waals surface area (Å²) in [5.41, 5.74) is 2.01. The SMILES string of the molecule is Cl.O=C1CNCc2ccc(Br)cc2N1. The number of benzene rings is 1. The van der Waals surface area contributed by atoms with Crippen LogP contribution in [0.25, 0.3) is 0 Å². The third-order valence-electron chi connectivity index (χ3n) is 1.95. The van der Waals surface area contributed by atoms with Gasteiger partial charge in [-0.25, -0.2) is 0 Å². The van der Waals surface area contributed by atoms with Crippen LogP contribution in [-0.4, -0.2) is 12.5 Å². The van der Waals surface area contributed by atoms with Gasteiger partial charge in [0.15, 0.2) is 0 Å².